The fraction of sp³-hybridized carbons (Fsp3) is 0.550. The highest BCUT2D eigenvalue weighted by atomic mass is 19.1. The number of aromatic nitrogens is 2. The predicted molar refractivity (Wildman–Crippen MR) is 95.9 cm³/mol. The Kier molecular flexibility index (Phi) is 4.91. The van der Waals surface area contributed by atoms with E-state index in [-0.39, 0.29) is 22.8 Å². The summed E-state index contributed by atoms with van der Waals surface area (Å²) in [6.07, 6.45) is 1.51. The minimum absolute atomic E-state index is 0.110. The van der Waals surface area contributed by atoms with Gasteiger partial charge in [-0.15, -0.1) is 10.2 Å². The lowest BCUT2D eigenvalue weighted by molar-refractivity contribution is 0.00885. The molecule has 2 aromatic rings. The molecule has 4 rings (SSSR count). The largest absolute Gasteiger partial charge is 0.425 e. The quantitative estimate of drug-likeness (QED) is 0.801. The molecule has 0 saturated carbocycles. The second-order valence-corrected chi connectivity index (χ2v) is 7.97. The van der Waals surface area contributed by atoms with Crippen molar-refractivity contribution in [3.05, 3.63) is 47.2 Å². The standard InChI is InChI=1S/C20H23F2N3O3/c1-12(2)17-23-24-18(28-17)15-10-25(11-20(15)5-7-27-8-6-20)19(26)14-4-3-13(21)9-16(14)22/h3-4,9,12,15H,5-8,10-11H2,1-2H3. The average Bonchev–Trinajstić information content (AvgIpc) is 3.27. The monoisotopic (exact) mass is 391 g/mol. The zero-order valence-electron chi connectivity index (χ0n) is 16.0. The van der Waals surface area contributed by atoms with Gasteiger partial charge in [0, 0.05) is 43.7 Å². The topological polar surface area (TPSA) is 68.5 Å². The molecule has 0 N–H and O–H groups in total. The number of carbonyl (C=O) groups excluding carboxylic acids is 1. The normalized spacial score (nSPS) is 21.6. The number of carbonyl (C=O) groups is 1. The Morgan fingerprint density at radius 1 is 1.25 bits per heavy atom. The summed E-state index contributed by atoms with van der Waals surface area (Å²) in [5, 5.41) is 8.38. The molecular formula is C20H23F2N3O3. The fourth-order valence-corrected chi connectivity index (χ4v) is 4.20. The van der Waals surface area contributed by atoms with Gasteiger partial charge in [-0.05, 0) is 25.0 Å². The third kappa shape index (κ3) is 3.30. The molecule has 6 nitrogen and oxygen atoms in total. The number of amides is 1. The number of hydrogen-bond donors (Lipinski definition) is 0. The molecule has 2 aliphatic heterocycles. The number of benzene rings is 1. The van der Waals surface area contributed by atoms with Crippen LogP contribution in [-0.4, -0.2) is 47.3 Å². The number of halogens is 2. The molecular weight excluding hydrogens is 368 g/mol. The van der Waals surface area contributed by atoms with Crippen LogP contribution in [-0.2, 0) is 4.74 Å². The maximum atomic E-state index is 14.2. The smallest absolute Gasteiger partial charge is 0.256 e. The van der Waals surface area contributed by atoms with Gasteiger partial charge in [0.15, 0.2) is 0 Å². The molecule has 0 radical (unpaired) electrons. The van der Waals surface area contributed by atoms with Crippen LogP contribution in [0.5, 0.6) is 0 Å². The van der Waals surface area contributed by atoms with Crippen LogP contribution >= 0.6 is 0 Å². The number of nitrogens with zero attached hydrogens (tertiary/aromatic N) is 3. The van der Waals surface area contributed by atoms with Gasteiger partial charge in [0.05, 0.1) is 11.5 Å². The van der Waals surface area contributed by atoms with Crippen LogP contribution in [0.2, 0.25) is 0 Å². The van der Waals surface area contributed by atoms with E-state index >= 15 is 0 Å². The maximum Gasteiger partial charge on any atom is 0.256 e. The zero-order chi connectivity index (χ0) is 19.9. The van der Waals surface area contributed by atoms with E-state index in [1.54, 1.807) is 4.90 Å². The summed E-state index contributed by atoms with van der Waals surface area (Å²) in [4.78, 5) is 14.6. The van der Waals surface area contributed by atoms with Gasteiger partial charge in [-0.2, -0.15) is 0 Å². The molecule has 1 amide bonds. The molecule has 1 unspecified atom stereocenters. The molecule has 1 aromatic heterocycles. The summed E-state index contributed by atoms with van der Waals surface area (Å²) in [5.74, 6) is -0.958. The summed E-state index contributed by atoms with van der Waals surface area (Å²) >= 11 is 0. The van der Waals surface area contributed by atoms with Gasteiger partial charge in [-0.25, -0.2) is 8.78 Å². The fourth-order valence-electron chi connectivity index (χ4n) is 4.20. The van der Waals surface area contributed by atoms with Crippen LogP contribution in [0.1, 0.15) is 60.7 Å². The lowest BCUT2D eigenvalue weighted by Gasteiger charge is -2.36. The zero-order valence-corrected chi connectivity index (χ0v) is 16.0. The first-order valence-electron chi connectivity index (χ1n) is 9.55. The number of hydrogen-bond acceptors (Lipinski definition) is 5. The molecule has 2 fully saturated rings. The van der Waals surface area contributed by atoms with E-state index in [2.05, 4.69) is 10.2 Å². The van der Waals surface area contributed by atoms with Gasteiger partial charge in [-0.3, -0.25) is 4.79 Å². The average molecular weight is 391 g/mol. The number of rotatable bonds is 3. The van der Waals surface area contributed by atoms with E-state index < -0.39 is 17.5 Å². The van der Waals surface area contributed by atoms with Gasteiger partial charge in [-0.1, -0.05) is 13.8 Å². The van der Waals surface area contributed by atoms with Crippen molar-refractivity contribution in [1.29, 1.82) is 0 Å². The van der Waals surface area contributed by atoms with Crippen LogP contribution in [0.25, 0.3) is 0 Å². The molecule has 1 atom stereocenters. The Labute approximate surface area is 161 Å². The molecule has 2 aliphatic rings. The van der Waals surface area contributed by atoms with Gasteiger partial charge in [0.2, 0.25) is 11.8 Å². The van der Waals surface area contributed by atoms with Crippen LogP contribution in [0.4, 0.5) is 8.78 Å². The molecule has 1 spiro atoms. The Morgan fingerprint density at radius 3 is 2.64 bits per heavy atom. The SMILES string of the molecule is CC(C)c1nnc(C2CN(C(=O)c3ccc(F)cc3F)CC23CCOCC3)o1. The van der Waals surface area contributed by atoms with E-state index in [1.807, 2.05) is 13.8 Å². The van der Waals surface area contributed by atoms with Crippen molar-refractivity contribution in [3.63, 3.8) is 0 Å². The van der Waals surface area contributed by atoms with Gasteiger partial charge in [0.1, 0.15) is 11.6 Å². The minimum Gasteiger partial charge on any atom is -0.425 e. The summed E-state index contributed by atoms with van der Waals surface area (Å²) < 4.78 is 38.8. The Morgan fingerprint density at radius 2 is 2.00 bits per heavy atom. The van der Waals surface area contributed by atoms with Crippen LogP contribution in [0, 0.1) is 17.0 Å². The third-order valence-corrected chi connectivity index (χ3v) is 5.83. The van der Waals surface area contributed by atoms with E-state index in [4.69, 9.17) is 9.15 Å². The molecule has 0 bridgehead atoms. The lowest BCUT2D eigenvalue weighted by atomic mass is 9.72. The third-order valence-electron chi connectivity index (χ3n) is 5.83. The van der Waals surface area contributed by atoms with Crippen molar-refractivity contribution in [2.75, 3.05) is 26.3 Å². The van der Waals surface area contributed by atoms with Crippen molar-refractivity contribution in [1.82, 2.24) is 15.1 Å². The number of likely N-dealkylation sites (tertiary alicyclic amines) is 1. The van der Waals surface area contributed by atoms with Gasteiger partial charge < -0.3 is 14.1 Å². The molecule has 2 saturated heterocycles. The Bertz CT molecular complexity index is 877. The van der Waals surface area contributed by atoms with Gasteiger partial charge >= 0.3 is 0 Å². The van der Waals surface area contributed by atoms with Crippen LogP contribution in [0.3, 0.4) is 0 Å². The van der Waals surface area contributed by atoms with Crippen LogP contribution in [0.15, 0.2) is 22.6 Å². The van der Waals surface area contributed by atoms with Crippen LogP contribution < -0.4 is 0 Å². The first kappa shape index (κ1) is 19.0. The van der Waals surface area contributed by atoms with Crippen molar-refractivity contribution in [3.8, 4) is 0 Å². The van der Waals surface area contributed by atoms with Crippen molar-refractivity contribution in [2.24, 2.45) is 5.41 Å². The van der Waals surface area contributed by atoms with E-state index in [1.165, 1.54) is 6.07 Å². The first-order chi connectivity index (χ1) is 13.4. The van der Waals surface area contributed by atoms with Gasteiger partial charge in [0.25, 0.3) is 5.91 Å². The van der Waals surface area contributed by atoms with E-state index in [0.717, 1.165) is 25.0 Å². The summed E-state index contributed by atoms with van der Waals surface area (Å²) in [6.45, 7) is 5.95. The summed E-state index contributed by atoms with van der Waals surface area (Å²) in [5.41, 5.74) is -0.372. The second-order valence-electron chi connectivity index (χ2n) is 7.97. The molecule has 0 aliphatic carbocycles. The molecule has 8 heteroatoms. The Hall–Kier alpha value is -2.35. The maximum absolute atomic E-state index is 14.2. The Balaban J connectivity index is 1.65. The highest BCUT2D eigenvalue weighted by molar-refractivity contribution is 5.94. The summed E-state index contributed by atoms with van der Waals surface area (Å²) in [7, 11) is 0. The van der Waals surface area contributed by atoms with E-state index in [9.17, 15) is 13.6 Å². The first-order valence-corrected chi connectivity index (χ1v) is 9.55. The number of ether oxygens (including phenoxy) is 1. The minimum atomic E-state index is -0.852. The summed E-state index contributed by atoms with van der Waals surface area (Å²) in [6, 6.07) is 3.03. The highest BCUT2D eigenvalue weighted by Gasteiger charge is 2.51. The molecule has 1 aromatic carbocycles. The molecule has 28 heavy (non-hydrogen) atoms. The lowest BCUT2D eigenvalue weighted by Crippen LogP contribution is -2.37. The molecule has 150 valence electrons. The van der Waals surface area contributed by atoms with Crippen molar-refractivity contribution >= 4 is 5.91 Å². The second kappa shape index (κ2) is 7.24. The van der Waals surface area contributed by atoms with E-state index in [0.29, 0.717) is 38.1 Å². The molecule has 3 heterocycles. The van der Waals surface area contributed by atoms with Crippen molar-refractivity contribution in [2.45, 2.75) is 38.5 Å². The highest BCUT2D eigenvalue weighted by Crippen LogP contribution is 2.49. The predicted octanol–water partition coefficient (Wildman–Crippen LogP) is 3.51. The van der Waals surface area contributed by atoms with Crippen molar-refractivity contribution < 1.29 is 22.7 Å².